The molecule has 7 heteroatoms. The Kier molecular flexibility index (Phi) is 3.86. The van der Waals surface area contributed by atoms with Gasteiger partial charge in [-0.2, -0.15) is 22.0 Å². The fourth-order valence-corrected chi connectivity index (χ4v) is 0.293. The van der Waals surface area contributed by atoms with Crippen LogP contribution in [0.25, 0.3) is 0 Å². The first-order valence-corrected chi connectivity index (χ1v) is 3.37. The number of alkyl halides is 5. The van der Waals surface area contributed by atoms with Crippen LogP contribution >= 0.6 is 0 Å². The molecule has 80 valence electrons. The van der Waals surface area contributed by atoms with E-state index in [9.17, 15) is 26.7 Å². The van der Waals surface area contributed by atoms with Crippen molar-refractivity contribution in [1.82, 2.24) is 0 Å². The predicted octanol–water partition coefficient (Wildman–Crippen LogP) is 2.10. The highest BCUT2D eigenvalue weighted by atomic mass is 19.4. The number of rotatable bonds is 1. The third-order valence-electron chi connectivity index (χ3n) is 1.05. The maximum atomic E-state index is 12.3. The molecule has 0 fully saturated rings. The average Bonchev–Trinajstić information content (AvgIpc) is 2.02. The molecule has 0 heterocycles. The highest BCUT2D eigenvalue weighted by molar-refractivity contribution is 5.76. The lowest BCUT2D eigenvalue weighted by molar-refractivity contribution is -0.192. The van der Waals surface area contributed by atoms with Crippen molar-refractivity contribution in [3.05, 3.63) is 0 Å². The molecule has 0 unspecified atom stereocenters. The Bertz CT molecular complexity index is 270. The van der Waals surface area contributed by atoms with E-state index in [0.29, 0.717) is 0 Å². The van der Waals surface area contributed by atoms with Crippen molar-refractivity contribution in [2.75, 3.05) is 0 Å². The first-order valence-electron chi connectivity index (χ1n) is 3.37. The summed E-state index contributed by atoms with van der Waals surface area (Å²) in [7, 11) is 0. The molecule has 0 aliphatic rings. The second-order valence-corrected chi connectivity index (χ2v) is 2.17. The molecule has 0 atom stereocenters. The lowest BCUT2D eigenvalue weighted by atomic mass is 10.3. The van der Waals surface area contributed by atoms with Crippen LogP contribution < -0.4 is 0 Å². The van der Waals surface area contributed by atoms with E-state index in [1.54, 1.807) is 0 Å². The van der Waals surface area contributed by atoms with Crippen molar-refractivity contribution < 1.29 is 31.5 Å². The van der Waals surface area contributed by atoms with Crippen LogP contribution in [0, 0.1) is 12.0 Å². The Morgan fingerprint density at radius 3 is 2.14 bits per heavy atom. The third-order valence-corrected chi connectivity index (χ3v) is 1.05. The molecule has 0 saturated heterocycles. The van der Waals surface area contributed by atoms with Gasteiger partial charge < -0.3 is 4.74 Å². The summed E-state index contributed by atoms with van der Waals surface area (Å²) in [6.45, 7) is 1.08. The quantitative estimate of drug-likeness (QED) is 0.381. The molecule has 0 aliphatic heterocycles. The normalized spacial score (nSPS) is 11.6. The molecular formula is C7H5F5O2. The number of carbonyl (C=O) groups excluding carboxylic acids is 1. The van der Waals surface area contributed by atoms with Gasteiger partial charge in [0.15, 0.2) is 0 Å². The van der Waals surface area contributed by atoms with Gasteiger partial charge in [-0.25, -0.2) is 4.79 Å². The van der Waals surface area contributed by atoms with Gasteiger partial charge in [0.25, 0.3) is 0 Å². The number of hydrogen-bond acceptors (Lipinski definition) is 2. The summed E-state index contributed by atoms with van der Waals surface area (Å²) in [6.07, 6.45) is -4.89. The Labute approximate surface area is 76.0 Å². The van der Waals surface area contributed by atoms with E-state index >= 15 is 0 Å². The Balaban J connectivity index is 4.26. The molecular weight excluding hydrogens is 211 g/mol. The van der Waals surface area contributed by atoms with Gasteiger partial charge in [-0.05, 0) is 0 Å². The van der Waals surface area contributed by atoms with Gasteiger partial charge in [-0.1, -0.05) is 6.92 Å². The lowest BCUT2D eigenvalue weighted by Crippen LogP contribution is -2.24. The second-order valence-electron chi connectivity index (χ2n) is 2.17. The van der Waals surface area contributed by atoms with Gasteiger partial charge in [0.05, 0.1) is 0 Å². The summed E-state index contributed by atoms with van der Waals surface area (Å²) in [6, 6.07) is 0. The van der Waals surface area contributed by atoms with E-state index in [4.69, 9.17) is 0 Å². The predicted molar refractivity (Wildman–Crippen MR) is 35.2 cm³/mol. The van der Waals surface area contributed by atoms with Crippen molar-refractivity contribution >= 4 is 5.97 Å². The fourth-order valence-electron chi connectivity index (χ4n) is 0.293. The summed E-state index contributed by atoms with van der Waals surface area (Å²) in [5, 5.41) is 0. The van der Waals surface area contributed by atoms with E-state index in [-0.39, 0.29) is 0 Å². The summed E-state index contributed by atoms with van der Waals surface area (Å²) in [5.74, 6) is -4.98. The van der Waals surface area contributed by atoms with Crippen molar-refractivity contribution in [3.63, 3.8) is 0 Å². The van der Waals surface area contributed by atoms with Gasteiger partial charge in [0.2, 0.25) is 0 Å². The first kappa shape index (κ1) is 12.7. The molecule has 2 nitrogen and oxygen atoms in total. The minimum atomic E-state index is -5.23. The minimum absolute atomic E-state index is 0.677. The zero-order valence-corrected chi connectivity index (χ0v) is 6.91. The van der Waals surface area contributed by atoms with Crippen molar-refractivity contribution in [2.45, 2.75) is 25.4 Å². The topological polar surface area (TPSA) is 26.3 Å². The molecule has 0 saturated carbocycles. The SMILES string of the molecule is CCC(F)(F)C#COC(=O)C(F)(F)F. The molecule has 0 rings (SSSR count). The van der Waals surface area contributed by atoms with E-state index in [1.165, 1.54) is 0 Å². The molecule has 0 aliphatic carbocycles. The first-order chi connectivity index (χ1) is 6.19. The molecule has 0 amide bonds. The largest absolute Gasteiger partial charge is 0.492 e. The maximum absolute atomic E-state index is 12.3. The van der Waals surface area contributed by atoms with Crippen molar-refractivity contribution in [3.8, 4) is 12.0 Å². The number of esters is 1. The summed E-state index contributed by atoms with van der Waals surface area (Å²) >= 11 is 0. The van der Waals surface area contributed by atoms with E-state index in [1.807, 2.05) is 0 Å². The van der Waals surface area contributed by atoms with Crippen molar-refractivity contribution in [1.29, 1.82) is 0 Å². The standard InChI is InChI=1S/C7H5F5O2/c1-2-6(8,9)3-4-14-5(13)7(10,11)12/h2H2,1H3. The molecule has 14 heavy (non-hydrogen) atoms. The summed E-state index contributed by atoms with van der Waals surface area (Å²) in [4.78, 5) is 9.94. The smallest absolute Gasteiger partial charge is 0.365 e. The van der Waals surface area contributed by atoms with E-state index in [2.05, 4.69) is 4.74 Å². The van der Waals surface area contributed by atoms with E-state index in [0.717, 1.165) is 19.0 Å². The van der Waals surface area contributed by atoms with Gasteiger partial charge >= 0.3 is 18.1 Å². The Morgan fingerprint density at radius 1 is 1.29 bits per heavy atom. The Hall–Kier alpha value is -1.32. The highest BCUT2D eigenvalue weighted by Gasteiger charge is 2.41. The Morgan fingerprint density at radius 2 is 1.79 bits per heavy atom. The number of ether oxygens (including phenoxy) is 1. The molecule has 0 radical (unpaired) electrons. The molecule has 0 N–H and O–H groups in total. The average molecular weight is 216 g/mol. The monoisotopic (exact) mass is 216 g/mol. The van der Waals surface area contributed by atoms with Crippen LogP contribution in [0.3, 0.4) is 0 Å². The van der Waals surface area contributed by atoms with Gasteiger partial charge in [0, 0.05) is 12.3 Å². The fraction of sp³-hybridized carbons (Fsp3) is 0.571. The molecule has 0 aromatic carbocycles. The summed E-state index contributed by atoms with van der Waals surface area (Å²) in [5.41, 5.74) is 0. The van der Waals surface area contributed by atoms with Gasteiger partial charge in [-0.15, -0.1) is 0 Å². The van der Waals surface area contributed by atoms with Gasteiger partial charge in [-0.3, -0.25) is 0 Å². The van der Waals surface area contributed by atoms with Crippen molar-refractivity contribution in [2.24, 2.45) is 0 Å². The minimum Gasteiger partial charge on any atom is -0.365 e. The van der Waals surface area contributed by atoms with Crippen LogP contribution in [0.4, 0.5) is 22.0 Å². The van der Waals surface area contributed by atoms with Crippen LogP contribution in [0.2, 0.25) is 0 Å². The van der Waals surface area contributed by atoms with Crippen LogP contribution in [0.1, 0.15) is 13.3 Å². The van der Waals surface area contributed by atoms with Gasteiger partial charge in [0.1, 0.15) is 6.11 Å². The third kappa shape index (κ3) is 4.64. The maximum Gasteiger partial charge on any atom is 0.492 e. The zero-order valence-electron chi connectivity index (χ0n) is 6.91. The number of hydrogen-bond donors (Lipinski definition) is 0. The molecule has 0 bridgehead atoms. The van der Waals surface area contributed by atoms with Crippen LogP contribution in [0.5, 0.6) is 0 Å². The zero-order chi connectivity index (χ0) is 11.4. The van der Waals surface area contributed by atoms with Crippen LogP contribution in [0.15, 0.2) is 0 Å². The molecule has 0 spiro atoms. The number of halogens is 5. The number of carbonyl (C=O) groups is 1. The van der Waals surface area contributed by atoms with Crippen LogP contribution in [-0.4, -0.2) is 18.1 Å². The highest BCUT2D eigenvalue weighted by Crippen LogP contribution is 2.17. The molecule has 0 aromatic heterocycles. The second kappa shape index (κ2) is 4.26. The lowest BCUT2D eigenvalue weighted by Gasteiger charge is -2.03. The molecule has 0 aromatic rings. The summed E-state index contributed by atoms with van der Waals surface area (Å²) < 4.78 is 62.0. The van der Waals surface area contributed by atoms with Crippen LogP contribution in [-0.2, 0) is 9.53 Å². The van der Waals surface area contributed by atoms with E-state index < -0.39 is 24.5 Å².